The van der Waals surface area contributed by atoms with E-state index >= 15 is 0 Å². The van der Waals surface area contributed by atoms with Gasteiger partial charge in [-0.25, -0.2) is 4.99 Å². The minimum absolute atomic E-state index is 0.105. The highest BCUT2D eigenvalue weighted by molar-refractivity contribution is 6.30. The van der Waals surface area contributed by atoms with E-state index in [1.807, 2.05) is 36.4 Å². The third-order valence-corrected chi connectivity index (χ3v) is 5.37. The topological polar surface area (TPSA) is 94.3 Å². The first-order valence-electron chi connectivity index (χ1n) is 10.3. The molecule has 0 radical (unpaired) electrons. The summed E-state index contributed by atoms with van der Waals surface area (Å²) >= 11 is 5.89. The molecule has 1 aliphatic heterocycles. The van der Waals surface area contributed by atoms with E-state index in [1.54, 1.807) is 48.5 Å². The first-order chi connectivity index (χ1) is 16.1. The molecule has 33 heavy (non-hydrogen) atoms. The van der Waals surface area contributed by atoms with Crippen LogP contribution in [0.4, 0.5) is 0 Å². The van der Waals surface area contributed by atoms with Gasteiger partial charge >= 0.3 is 0 Å². The lowest BCUT2D eigenvalue weighted by molar-refractivity contribution is -0.117. The Morgan fingerprint density at radius 1 is 0.909 bits per heavy atom. The van der Waals surface area contributed by atoms with Crippen LogP contribution in [0.5, 0.6) is 0 Å². The van der Waals surface area contributed by atoms with Crippen molar-refractivity contribution in [1.82, 2.24) is 10.6 Å². The first-order valence-corrected chi connectivity index (χ1v) is 10.7. The van der Waals surface area contributed by atoms with Crippen molar-refractivity contribution in [2.24, 2.45) is 4.99 Å². The zero-order valence-electron chi connectivity index (χ0n) is 17.5. The van der Waals surface area contributed by atoms with Gasteiger partial charge in [-0.1, -0.05) is 66.2 Å². The molecule has 2 N–H and O–H groups in total. The second-order valence-corrected chi connectivity index (χ2v) is 7.73. The van der Waals surface area contributed by atoms with Crippen LogP contribution in [0, 0.1) is 11.3 Å². The van der Waals surface area contributed by atoms with Gasteiger partial charge in [-0.3, -0.25) is 9.59 Å². The molecule has 1 aliphatic rings. The van der Waals surface area contributed by atoms with Crippen molar-refractivity contribution in [1.29, 1.82) is 5.26 Å². The maximum Gasteiger partial charge on any atom is 0.264 e. The number of hydrogen-bond acceptors (Lipinski definition) is 4. The maximum atomic E-state index is 12.8. The molecule has 4 rings (SSSR count). The van der Waals surface area contributed by atoms with Gasteiger partial charge in [-0.2, -0.15) is 5.26 Å². The summed E-state index contributed by atoms with van der Waals surface area (Å²) in [5.74, 6) is -0.593. The molecule has 162 valence electrons. The van der Waals surface area contributed by atoms with Gasteiger partial charge in [0, 0.05) is 28.3 Å². The lowest BCUT2D eigenvalue weighted by atomic mass is 10.0. The minimum atomic E-state index is -0.507. The quantitative estimate of drug-likeness (QED) is 0.448. The molecule has 0 aliphatic carbocycles. The molecule has 0 bridgehead atoms. The van der Waals surface area contributed by atoms with Gasteiger partial charge in [-0.15, -0.1) is 0 Å². The van der Waals surface area contributed by atoms with Crippen LogP contribution in [0.3, 0.4) is 0 Å². The molecule has 6 nitrogen and oxygen atoms in total. The van der Waals surface area contributed by atoms with Crippen LogP contribution in [0.25, 0.3) is 5.70 Å². The number of amidine groups is 1. The van der Waals surface area contributed by atoms with Crippen LogP contribution >= 0.6 is 11.6 Å². The fourth-order valence-electron chi connectivity index (χ4n) is 3.46. The number of aliphatic imine (C=N–C) groups is 1. The Morgan fingerprint density at radius 2 is 1.58 bits per heavy atom. The van der Waals surface area contributed by atoms with Gasteiger partial charge in [0.1, 0.15) is 17.5 Å². The Morgan fingerprint density at radius 3 is 2.27 bits per heavy atom. The average Bonchev–Trinajstić information content (AvgIpc) is 3.19. The molecule has 0 fully saturated rings. The van der Waals surface area contributed by atoms with E-state index in [9.17, 15) is 14.9 Å². The lowest BCUT2D eigenvalue weighted by Gasteiger charge is -2.06. The minimum Gasteiger partial charge on any atom is -0.351 e. The van der Waals surface area contributed by atoms with Crippen molar-refractivity contribution in [3.8, 4) is 6.07 Å². The fourth-order valence-corrected chi connectivity index (χ4v) is 3.59. The summed E-state index contributed by atoms with van der Waals surface area (Å²) in [6.45, 7) is 0.382. The lowest BCUT2D eigenvalue weighted by Crippen LogP contribution is -2.30. The third-order valence-electron chi connectivity index (χ3n) is 5.12. The molecule has 0 atom stereocenters. The Bertz CT molecular complexity index is 1310. The second-order valence-electron chi connectivity index (χ2n) is 7.29. The van der Waals surface area contributed by atoms with E-state index in [0.29, 0.717) is 34.7 Å². The van der Waals surface area contributed by atoms with E-state index in [0.717, 1.165) is 5.56 Å². The van der Waals surface area contributed by atoms with Crippen molar-refractivity contribution in [2.75, 3.05) is 6.54 Å². The van der Waals surface area contributed by atoms with Crippen LogP contribution in [0.1, 0.15) is 27.0 Å². The largest absolute Gasteiger partial charge is 0.351 e. The summed E-state index contributed by atoms with van der Waals surface area (Å²) < 4.78 is 0. The molecular weight excluding hydrogens is 436 g/mol. The highest BCUT2D eigenvalue weighted by Crippen LogP contribution is 2.30. The van der Waals surface area contributed by atoms with Crippen LogP contribution in [-0.4, -0.2) is 24.2 Å². The molecule has 7 heteroatoms. The number of rotatable bonds is 5. The number of amides is 2. The van der Waals surface area contributed by atoms with E-state index in [-0.39, 0.29) is 23.0 Å². The predicted octanol–water partition coefficient (Wildman–Crippen LogP) is 4.12. The summed E-state index contributed by atoms with van der Waals surface area (Å²) in [5, 5.41) is 15.8. The molecule has 3 aromatic carbocycles. The number of hydrogen-bond donors (Lipinski definition) is 2. The maximum absolute atomic E-state index is 12.8. The summed E-state index contributed by atoms with van der Waals surface area (Å²) in [4.78, 5) is 29.9. The molecular formula is C26H19ClN4O2. The Kier molecular flexibility index (Phi) is 6.63. The normalized spacial score (nSPS) is 13.4. The van der Waals surface area contributed by atoms with Crippen LogP contribution < -0.4 is 10.6 Å². The SMILES string of the molecule is N#CC(C(=O)NCCc1ccccc1)=C1N=C(NC(=O)c2ccc(Cl)cc2)c2ccccc21. The van der Waals surface area contributed by atoms with Gasteiger partial charge in [0.2, 0.25) is 0 Å². The molecule has 0 aromatic heterocycles. The molecule has 0 saturated carbocycles. The second kappa shape index (κ2) is 9.94. The predicted molar refractivity (Wildman–Crippen MR) is 128 cm³/mol. The van der Waals surface area contributed by atoms with Crippen molar-refractivity contribution in [3.63, 3.8) is 0 Å². The monoisotopic (exact) mass is 454 g/mol. The zero-order chi connectivity index (χ0) is 23.2. The summed E-state index contributed by atoms with van der Waals surface area (Å²) in [6.07, 6.45) is 0.642. The molecule has 3 aromatic rings. The van der Waals surface area contributed by atoms with Crippen molar-refractivity contribution < 1.29 is 9.59 Å². The van der Waals surface area contributed by atoms with Gasteiger partial charge in [0.05, 0.1) is 5.70 Å². The van der Waals surface area contributed by atoms with Crippen LogP contribution in [-0.2, 0) is 11.2 Å². The third kappa shape index (κ3) is 5.00. The fraction of sp³-hybridized carbons (Fsp3) is 0.0769. The molecule has 0 unspecified atom stereocenters. The number of carbonyl (C=O) groups is 2. The molecule has 0 spiro atoms. The smallest absolute Gasteiger partial charge is 0.264 e. The summed E-state index contributed by atoms with van der Waals surface area (Å²) in [5.41, 5.74) is 2.87. The Balaban J connectivity index is 1.57. The van der Waals surface area contributed by atoms with Gasteiger partial charge in [0.15, 0.2) is 0 Å². The molecule has 1 heterocycles. The van der Waals surface area contributed by atoms with Gasteiger partial charge in [0.25, 0.3) is 11.8 Å². The summed E-state index contributed by atoms with van der Waals surface area (Å²) in [7, 11) is 0. The Hall–Kier alpha value is -4.21. The Labute approximate surface area is 196 Å². The van der Waals surface area contributed by atoms with Crippen molar-refractivity contribution in [3.05, 3.63) is 112 Å². The van der Waals surface area contributed by atoms with Crippen molar-refractivity contribution >= 4 is 34.9 Å². The van der Waals surface area contributed by atoms with E-state index in [4.69, 9.17) is 11.6 Å². The number of benzene rings is 3. The van der Waals surface area contributed by atoms with Crippen LogP contribution in [0.15, 0.2) is 89.4 Å². The van der Waals surface area contributed by atoms with Crippen LogP contribution in [0.2, 0.25) is 5.02 Å². The number of nitriles is 1. The standard InChI is InChI=1S/C26H19ClN4O2/c27-19-12-10-18(11-13-19)25(32)31-24-21-9-5-4-8-20(21)23(30-24)22(16-28)26(33)29-15-14-17-6-2-1-3-7-17/h1-13H,14-15H2,(H,29,33)(H,30,31,32). The number of halogens is 1. The number of nitrogens with one attached hydrogen (secondary N) is 2. The molecule has 0 saturated heterocycles. The highest BCUT2D eigenvalue weighted by Gasteiger charge is 2.27. The average molecular weight is 455 g/mol. The first kappa shape index (κ1) is 22.0. The van der Waals surface area contributed by atoms with Crippen molar-refractivity contribution in [2.45, 2.75) is 6.42 Å². The number of carbonyl (C=O) groups excluding carboxylic acids is 2. The van der Waals surface area contributed by atoms with Gasteiger partial charge in [-0.05, 0) is 36.2 Å². The number of fused-ring (bicyclic) bond motifs is 1. The van der Waals surface area contributed by atoms with E-state index in [2.05, 4.69) is 15.6 Å². The molecule has 2 amide bonds. The zero-order valence-corrected chi connectivity index (χ0v) is 18.3. The van der Waals surface area contributed by atoms with E-state index in [1.165, 1.54) is 0 Å². The van der Waals surface area contributed by atoms with Gasteiger partial charge < -0.3 is 10.6 Å². The summed E-state index contributed by atoms with van der Waals surface area (Å²) in [6, 6.07) is 25.3. The van der Waals surface area contributed by atoms with E-state index < -0.39 is 5.91 Å². The highest BCUT2D eigenvalue weighted by atomic mass is 35.5. The number of nitrogens with zero attached hydrogens (tertiary/aromatic N) is 2.